The van der Waals surface area contributed by atoms with Crippen LogP contribution >= 0.6 is 0 Å². The Morgan fingerprint density at radius 3 is 2.41 bits per heavy atom. The number of carbonyl (C=O) groups excluding carboxylic acids is 3. The number of amides is 2. The van der Waals surface area contributed by atoms with Crippen molar-refractivity contribution in [2.45, 2.75) is 45.5 Å². The third-order valence-corrected chi connectivity index (χ3v) is 6.08. The van der Waals surface area contributed by atoms with Crippen LogP contribution in [0.15, 0.2) is 12.1 Å². The van der Waals surface area contributed by atoms with Crippen molar-refractivity contribution in [2.24, 2.45) is 5.92 Å². The summed E-state index contributed by atoms with van der Waals surface area (Å²) >= 11 is 0. The zero-order valence-electron chi connectivity index (χ0n) is 18.2. The highest BCUT2D eigenvalue weighted by molar-refractivity contribution is 5.99. The van der Waals surface area contributed by atoms with Crippen molar-refractivity contribution in [3.05, 3.63) is 29.1 Å². The lowest BCUT2D eigenvalue weighted by atomic mass is 10.1. The number of alkyl halides is 5. The van der Waals surface area contributed by atoms with Gasteiger partial charge in [0.15, 0.2) is 11.5 Å². The molecule has 1 aliphatic heterocycles. The van der Waals surface area contributed by atoms with Crippen molar-refractivity contribution in [2.75, 3.05) is 19.6 Å². The third-order valence-electron chi connectivity index (χ3n) is 6.08. The molecule has 3 heterocycles. The molecule has 0 radical (unpaired) electrons. The predicted molar refractivity (Wildman–Crippen MR) is 106 cm³/mol. The molecule has 1 saturated heterocycles. The number of piperazine rings is 1. The summed E-state index contributed by atoms with van der Waals surface area (Å²) in [5.41, 5.74) is -1.95. The van der Waals surface area contributed by atoms with Crippen LogP contribution in [0.4, 0.5) is 22.0 Å². The number of carbonyl (C=O) groups is 3. The van der Waals surface area contributed by atoms with E-state index in [1.165, 1.54) is 11.8 Å². The Morgan fingerprint density at radius 2 is 1.85 bits per heavy atom. The number of pyridine rings is 1. The van der Waals surface area contributed by atoms with Gasteiger partial charge in [0, 0.05) is 36.7 Å². The molecule has 2 aromatic heterocycles. The molecule has 2 aromatic rings. The zero-order valence-corrected chi connectivity index (χ0v) is 18.2. The summed E-state index contributed by atoms with van der Waals surface area (Å²) in [4.78, 5) is 40.6. The number of ether oxygens (including phenoxy) is 1. The lowest BCUT2D eigenvalue weighted by Gasteiger charge is -2.37. The highest BCUT2D eigenvalue weighted by Gasteiger charge is 2.40. The van der Waals surface area contributed by atoms with Crippen LogP contribution in [0.5, 0.6) is 5.75 Å². The standard InChI is InChI=1S/C21H21F5N4O4/c1-10-14-7-13(34-20(22)23)8-15(21(24,25)26)30(14)27-17(10)19(33)28-5-6-29(16(31)9-28)11(2)18(32)12-3-4-12/h7-8,11-12,20H,3-6,9H2,1-2H3/t11-/m0/s1. The molecule has 0 N–H and O–H groups in total. The van der Waals surface area contributed by atoms with Crippen molar-refractivity contribution >= 4 is 23.1 Å². The first-order valence-corrected chi connectivity index (χ1v) is 10.6. The Morgan fingerprint density at radius 1 is 1.18 bits per heavy atom. The van der Waals surface area contributed by atoms with Crippen LogP contribution < -0.4 is 4.74 Å². The minimum Gasteiger partial charge on any atom is -0.435 e. The number of aryl methyl sites for hydroxylation is 1. The van der Waals surface area contributed by atoms with E-state index in [1.54, 1.807) is 6.92 Å². The molecule has 4 rings (SSSR count). The van der Waals surface area contributed by atoms with Gasteiger partial charge >= 0.3 is 12.8 Å². The van der Waals surface area contributed by atoms with Gasteiger partial charge < -0.3 is 14.5 Å². The Hall–Kier alpha value is -3.25. The highest BCUT2D eigenvalue weighted by Crippen LogP contribution is 2.35. The Labute approximate surface area is 190 Å². The van der Waals surface area contributed by atoms with Crippen LogP contribution in [0, 0.1) is 12.8 Å². The fourth-order valence-electron chi connectivity index (χ4n) is 4.09. The molecule has 2 aliphatic rings. The van der Waals surface area contributed by atoms with Crippen molar-refractivity contribution < 1.29 is 41.1 Å². The van der Waals surface area contributed by atoms with Gasteiger partial charge in [0.05, 0.1) is 11.6 Å². The van der Waals surface area contributed by atoms with Gasteiger partial charge in [-0.3, -0.25) is 14.4 Å². The van der Waals surface area contributed by atoms with Crippen molar-refractivity contribution in [3.63, 3.8) is 0 Å². The van der Waals surface area contributed by atoms with Gasteiger partial charge in [-0.05, 0) is 26.7 Å². The molecule has 2 amide bonds. The van der Waals surface area contributed by atoms with Gasteiger partial charge in [-0.1, -0.05) is 0 Å². The summed E-state index contributed by atoms with van der Waals surface area (Å²) in [7, 11) is 0. The fourth-order valence-corrected chi connectivity index (χ4v) is 4.09. The zero-order chi connectivity index (χ0) is 24.9. The van der Waals surface area contributed by atoms with Gasteiger partial charge in [-0.2, -0.15) is 27.1 Å². The van der Waals surface area contributed by atoms with Crippen LogP contribution in [-0.4, -0.2) is 69.3 Å². The van der Waals surface area contributed by atoms with Gasteiger partial charge in [0.1, 0.15) is 18.0 Å². The maximum absolute atomic E-state index is 13.6. The number of ketones is 1. The monoisotopic (exact) mass is 488 g/mol. The first-order valence-electron chi connectivity index (χ1n) is 10.6. The van der Waals surface area contributed by atoms with E-state index >= 15 is 0 Å². The van der Waals surface area contributed by atoms with Crippen LogP contribution in [0.25, 0.3) is 5.52 Å². The molecule has 34 heavy (non-hydrogen) atoms. The van der Waals surface area contributed by atoms with Crippen LogP contribution in [-0.2, 0) is 15.8 Å². The average molecular weight is 488 g/mol. The molecule has 0 bridgehead atoms. The van der Waals surface area contributed by atoms with E-state index in [1.807, 2.05) is 0 Å². The summed E-state index contributed by atoms with van der Waals surface area (Å²) in [6.45, 7) is -0.580. The van der Waals surface area contributed by atoms with Gasteiger partial charge in [0.25, 0.3) is 5.91 Å². The van der Waals surface area contributed by atoms with Crippen molar-refractivity contribution in [1.29, 1.82) is 0 Å². The molecule has 1 aliphatic carbocycles. The lowest BCUT2D eigenvalue weighted by molar-refractivity contribution is -0.143. The number of aromatic nitrogens is 2. The fraction of sp³-hybridized carbons (Fsp3) is 0.524. The second-order valence-corrected chi connectivity index (χ2v) is 8.39. The van der Waals surface area contributed by atoms with E-state index < -0.39 is 42.1 Å². The molecular formula is C21H21F5N4O4. The highest BCUT2D eigenvalue weighted by atomic mass is 19.4. The second kappa shape index (κ2) is 8.51. The summed E-state index contributed by atoms with van der Waals surface area (Å²) in [5.74, 6) is -2.02. The first-order chi connectivity index (χ1) is 15.9. The van der Waals surface area contributed by atoms with E-state index in [4.69, 9.17) is 0 Å². The molecule has 0 unspecified atom stereocenters. The number of hydrogen-bond donors (Lipinski definition) is 0. The van der Waals surface area contributed by atoms with Crippen LogP contribution in [0.2, 0.25) is 0 Å². The summed E-state index contributed by atoms with van der Waals surface area (Å²) in [6.07, 6.45) is -3.37. The third kappa shape index (κ3) is 4.42. The van der Waals surface area contributed by atoms with E-state index in [9.17, 15) is 36.3 Å². The minimum atomic E-state index is -4.97. The van der Waals surface area contributed by atoms with Crippen LogP contribution in [0.1, 0.15) is 41.5 Å². The lowest BCUT2D eigenvalue weighted by Crippen LogP contribution is -2.56. The number of fused-ring (bicyclic) bond motifs is 1. The van der Waals surface area contributed by atoms with Crippen molar-refractivity contribution in [3.8, 4) is 5.75 Å². The van der Waals surface area contributed by atoms with E-state index in [2.05, 4.69) is 9.84 Å². The maximum Gasteiger partial charge on any atom is 0.433 e. The van der Waals surface area contributed by atoms with Gasteiger partial charge in [-0.25, -0.2) is 4.52 Å². The van der Waals surface area contributed by atoms with Crippen LogP contribution in [0.3, 0.4) is 0 Å². The molecule has 0 aromatic carbocycles. The molecule has 1 atom stereocenters. The van der Waals surface area contributed by atoms with Crippen molar-refractivity contribution in [1.82, 2.24) is 19.4 Å². The molecule has 1 saturated carbocycles. The van der Waals surface area contributed by atoms with Gasteiger partial charge in [0.2, 0.25) is 5.91 Å². The first kappa shape index (κ1) is 23.9. The molecule has 13 heteroatoms. The number of Topliss-reactive ketones (excluding diaryl/α,β-unsaturated/α-hetero) is 1. The Kier molecular flexibility index (Phi) is 5.98. The quantitative estimate of drug-likeness (QED) is 0.584. The van der Waals surface area contributed by atoms with E-state index in [0.29, 0.717) is 10.6 Å². The number of hydrogen-bond acceptors (Lipinski definition) is 5. The largest absolute Gasteiger partial charge is 0.435 e. The molecule has 8 nitrogen and oxygen atoms in total. The second-order valence-electron chi connectivity index (χ2n) is 8.39. The molecule has 0 spiro atoms. The van der Waals surface area contributed by atoms with Gasteiger partial charge in [-0.15, -0.1) is 0 Å². The predicted octanol–water partition coefficient (Wildman–Crippen LogP) is 2.91. The van der Waals surface area contributed by atoms with E-state index in [-0.39, 0.29) is 48.1 Å². The molecular weight excluding hydrogens is 467 g/mol. The summed E-state index contributed by atoms with van der Waals surface area (Å²) in [6, 6.07) is 0.701. The Bertz CT molecular complexity index is 1160. The summed E-state index contributed by atoms with van der Waals surface area (Å²) < 4.78 is 70.5. The smallest absolute Gasteiger partial charge is 0.433 e. The average Bonchev–Trinajstić information content (AvgIpc) is 3.55. The number of rotatable bonds is 6. The van der Waals surface area contributed by atoms with E-state index in [0.717, 1.165) is 23.8 Å². The Balaban J connectivity index is 1.61. The number of nitrogens with zero attached hydrogens (tertiary/aromatic N) is 4. The summed E-state index contributed by atoms with van der Waals surface area (Å²) in [5, 5.41) is 3.80. The normalized spacial score (nSPS) is 18.1. The number of halogens is 5. The maximum atomic E-state index is 13.6. The SMILES string of the molecule is Cc1c(C(=O)N2CCN([C@@H](C)C(=O)C3CC3)C(=O)C2)nn2c(C(F)(F)F)cc(OC(F)F)cc12. The molecule has 184 valence electrons. The topological polar surface area (TPSA) is 84.2 Å². The molecule has 2 fully saturated rings. The minimum absolute atomic E-state index is 0.0161.